The van der Waals surface area contributed by atoms with Crippen molar-refractivity contribution in [2.45, 2.75) is 23.8 Å². The summed E-state index contributed by atoms with van der Waals surface area (Å²) in [5, 5.41) is 16.3. The number of hydrogen-bond donors (Lipinski definition) is 1. The van der Waals surface area contributed by atoms with Gasteiger partial charge in [-0.05, 0) is 48.4 Å². The van der Waals surface area contributed by atoms with E-state index < -0.39 is 44.4 Å². The summed E-state index contributed by atoms with van der Waals surface area (Å²) in [4.78, 5) is 52.5. The van der Waals surface area contributed by atoms with Gasteiger partial charge in [-0.1, -0.05) is 41.9 Å². The summed E-state index contributed by atoms with van der Waals surface area (Å²) >= 11 is 5.89. The number of primary sulfonamides is 1. The lowest BCUT2D eigenvalue weighted by Gasteiger charge is -2.28. The molecule has 3 amide bonds. The molecule has 4 rings (SSSR count). The highest BCUT2D eigenvalue weighted by Gasteiger charge is 2.44. The summed E-state index contributed by atoms with van der Waals surface area (Å²) < 4.78 is 23.1. The van der Waals surface area contributed by atoms with Gasteiger partial charge in [0.05, 0.1) is 21.9 Å². The minimum Gasteiger partial charge on any atom is -0.326 e. The molecular weight excluding hydrogens is 536 g/mol. The quantitative estimate of drug-likeness (QED) is 0.253. The largest absolute Gasteiger partial charge is 0.326 e. The Balaban J connectivity index is 1.67. The number of carbonyl (C=O) groups is 3. The molecule has 11 nitrogen and oxygen atoms in total. The molecular formula is C25H21ClN4O7S. The molecule has 1 heterocycles. The fraction of sp³-hybridized carbons (Fsp3) is 0.160. The number of carbonyl (C=O) groups excluding carboxylic acids is 3. The predicted octanol–water partition coefficient (Wildman–Crippen LogP) is 2.91. The maximum atomic E-state index is 13.6. The number of amides is 3. The predicted molar refractivity (Wildman–Crippen MR) is 138 cm³/mol. The zero-order valence-corrected chi connectivity index (χ0v) is 21.3. The highest BCUT2D eigenvalue weighted by molar-refractivity contribution is 7.89. The number of imide groups is 1. The minimum atomic E-state index is -3.98. The van der Waals surface area contributed by atoms with Crippen molar-refractivity contribution in [3.05, 3.63) is 99.1 Å². The fourth-order valence-electron chi connectivity index (χ4n) is 4.16. The van der Waals surface area contributed by atoms with Crippen molar-refractivity contribution in [2.75, 3.05) is 11.4 Å². The standard InChI is InChI=1S/C25H21ClN4O7S/c26-20-11-6-17(14-21(20)30(34)35)24(32)28(13-12-16-4-2-1-3-5-16)22-15-23(31)29(25(22)33)18-7-9-19(10-8-18)38(27,36)37/h1-11,14,22H,12-13,15H2,(H2,27,36,37). The van der Waals surface area contributed by atoms with Gasteiger partial charge in [-0.3, -0.25) is 24.5 Å². The molecule has 1 unspecified atom stereocenters. The zero-order chi connectivity index (χ0) is 27.6. The number of nitro benzene ring substituents is 1. The van der Waals surface area contributed by atoms with Crippen molar-refractivity contribution >= 4 is 50.7 Å². The van der Waals surface area contributed by atoms with E-state index in [1.54, 1.807) is 0 Å². The Kier molecular flexibility index (Phi) is 7.58. The first-order valence-electron chi connectivity index (χ1n) is 11.3. The molecule has 13 heteroatoms. The van der Waals surface area contributed by atoms with Gasteiger partial charge in [-0.2, -0.15) is 0 Å². The molecule has 1 aliphatic rings. The van der Waals surface area contributed by atoms with Crippen LogP contribution in [0.3, 0.4) is 0 Å². The van der Waals surface area contributed by atoms with E-state index in [9.17, 15) is 32.9 Å². The van der Waals surface area contributed by atoms with E-state index in [-0.39, 0.29) is 34.1 Å². The highest BCUT2D eigenvalue weighted by Crippen LogP contribution is 2.30. The van der Waals surface area contributed by atoms with Crippen LogP contribution < -0.4 is 10.0 Å². The lowest BCUT2D eigenvalue weighted by Crippen LogP contribution is -2.46. The average Bonchev–Trinajstić information content (AvgIpc) is 3.17. The van der Waals surface area contributed by atoms with E-state index in [0.717, 1.165) is 16.5 Å². The molecule has 0 radical (unpaired) electrons. The van der Waals surface area contributed by atoms with Crippen LogP contribution in [0.1, 0.15) is 22.3 Å². The molecule has 1 aliphatic heterocycles. The number of rotatable bonds is 8. The summed E-state index contributed by atoms with van der Waals surface area (Å²) in [6, 6.07) is 16.4. The Hall–Kier alpha value is -4.13. The van der Waals surface area contributed by atoms with Crippen molar-refractivity contribution in [3.63, 3.8) is 0 Å². The van der Waals surface area contributed by atoms with E-state index in [1.165, 1.54) is 41.3 Å². The third kappa shape index (κ3) is 5.57. The van der Waals surface area contributed by atoms with Gasteiger partial charge in [0, 0.05) is 18.2 Å². The van der Waals surface area contributed by atoms with Crippen LogP contribution in [-0.4, -0.2) is 48.5 Å². The normalized spacial score (nSPS) is 15.5. The maximum Gasteiger partial charge on any atom is 0.288 e. The Morgan fingerprint density at radius 3 is 2.34 bits per heavy atom. The lowest BCUT2D eigenvalue weighted by atomic mass is 10.1. The first-order chi connectivity index (χ1) is 18.0. The first kappa shape index (κ1) is 26.9. The highest BCUT2D eigenvalue weighted by atomic mass is 35.5. The van der Waals surface area contributed by atoms with Gasteiger partial charge >= 0.3 is 0 Å². The monoisotopic (exact) mass is 556 g/mol. The summed E-state index contributed by atoms with van der Waals surface area (Å²) in [6.07, 6.45) is 0.0231. The second-order valence-electron chi connectivity index (χ2n) is 8.48. The number of anilines is 1. The van der Waals surface area contributed by atoms with Crippen molar-refractivity contribution < 1.29 is 27.7 Å². The molecule has 3 aromatic carbocycles. The van der Waals surface area contributed by atoms with Gasteiger partial charge in [0.15, 0.2) is 0 Å². The van der Waals surface area contributed by atoms with Gasteiger partial charge in [0.1, 0.15) is 11.1 Å². The Morgan fingerprint density at radius 2 is 1.74 bits per heavy atom. The Morgan fingerprint density at radius 1 is 1.08 bits per heavy atom. The number of nitrogens with zero attached hydrogens (tertiary/aromatic N) is 3. The molecule has 38 heavy (non-hydrogen) atoms. The Bertz CT molecular complexity index is 1530. The minimum absolute atomic E-state index is 0.0428. The summed E-state index contributed by atoms with van der Waals surface area (Å²) in [6.45, 7) is 0.0428. The third-order valence-electron chi connectivity index (χ3n) is 6.06. The van der Waals surface area contributed by atoms with Crippen LogP contribution in [-0.2, 0) is 26.0 Å². The molecule has 1 saturated heterocycles. The summed E-state index contributed by atoms with van der Waals surface area (Å²) in [5.74, 6) is -1.97. The maximum absolute atomic E-state index is 13.6. The van der Waals surface area contributed by atoms with Crippen LogP contribution in [0.2, 0.25) is 5.02 Å². The third-order valence-corrected chi connectivity index (χ3v) is 7.31. The number of benzene rings is 3. The lowest BCUT2D eigenvalue weighted by molar-refractivity contribution is -0.384. The first-order valence-corrected chi connectivity index (χ1v) is 13.2. The molecule has 0 aliphatic carbocycles. The van der Waals surface area contributed by atoms with Gasteiger partial charge in [0.25, 0.3) is 17.5 Å². The van der Waals surface area contributed by atoms with Crippen LogP contribution in [0.25, 0.3) is 0 Å². The Labute approximate surface area is 222 Å². The molecule has 1 fully saturated rings. The van der Waals surface area contributed by atoms with Crippen molar-refractivity contribution in [1.82, 2.24) is 4.90 Å². The van der Waals surface area contributed by atoms with Crippen LogP contribution in [0.4, 0.5) is 11.4 Å². The molecule has 0 saturated carbocycles. The molecule has 2 N–H and O–H groups in total. The summed E-state index contributed by atoms with van der Waals surface area (Å²) in [5.41, 5.74) is 0.461. The second-order valence-corrected chi connectivity index (χ2v) is 10.5. The molecule has 0 aromatic heterocycles. The van der Waals surface area contributed by atoms with Gasteiger partial charge in [-0.25, -0.2) is 18.5 Å². The molecule has 196 valence electrons. The number of halogens is 1. The van der Waals surface area contributed by atoms with Gasteiger partial charge in [-0.15, -0.1) is 0 Å². The zero-order valence-electron chi connectivity index (χ0n) is 19.7. The van der Waals surface area contributed by atoms with Crippen LogP contribution >= 0.6 is 11.6 Å². The van der Waals surface area contributed by atoms with Gasteiger partial charge < -0.3 is 4.90 Å². The SMILES string of the molecule is NS(=O)(=O)c1ccc(N2C(=O)CC(N(CCc3ccccc3)C(=O)c3ccc(Cl)c([N+](=O)[O-])c3)C2=O)cc1. The van der Waals surface area contributed by atoms with Crippen molar-refractivity contribution in [3.8, 4) is 0 Å². The number of sulfonamides is 1. The van der Waals surface area contributed by atoms with E-state index in [2.05, 4.69) is 0 Å². The molecule has 3 aromatic rings. The van der Waals surface area contributed by atoms with Crippen LogP contribution in [0, 0.1) is 10.1 Å². The van der Waals surface area contributed by atoms with E-state index in [4.69, 9.17) is 16.7 Å². The molecule has 0 bridgehead atoms. The van der Waals surface area contributed by atoms with Crippen molar-refractivity contribution in [2.24, 2.45) is 5.14 Å². The number of nitrogens with two attached hydrogens (primary N) is 1. The summed E-state index contributed by atoms with van der Waals surface area (Å²) in [7, 11) is -3.98. The molecule has 0 spiro atoms. The van der Waals surface area contributed by atoms with E-state index >= 15 is 0 Å². The van der Waals surface area contributed by atoms with Crippen molar-refractivity contribution in [1.29, 1.82) is 0 Å². The average molecular weight is 557 g/mol. The number of hydrogen-bond acceptors (Lipinski definition) is 7. The van der Waals surface area contributed by atoms with E-state index in [1.807, 2.05) is 30.3 Å². The topological polar surface area (TPSA) is 161 Å². The smallest absolute Gasteiger partial charge is 0.288 e. The van der Waals surface area contributed by atoms with Gasteiger partial charge in [0.2, 0.25) is 15.9 Å². The second kappa shape index (κ2) is 10.7. The number of nitro groups is 1. The van der Waals surface area contributed by atoms with Crippen LogP contribution in [0.15, 0.2) is 77.7 Å². The van der Waals surface area contributed by atoms with E-state index in [0.29, 0.717) is 6.42 Å². The fourth-order valence-corrected chi connectivity index (χ4v) is 4.86. The molecule has 1 atom stereocenters. The van der Waals surface area contributed by atoms with Crippen LogP contribution in [0.5, 0.6) is 0 Å².